The maximum Gasteiger partial charge on any atom is 0.236 e. The SMILES string of the molecule is CCn1c(-c2ccccc2)c(C(=O)CN2CCN(CC(=O)N3CCOCC3)CC2)c2ccccc21. The highest BCUT2D eigenvalue weighted by Crippen LogP contribution is 2.34. The van der Waals surface area contributed by atoms with Crippen LogP contribution in [0.25, 0.3) is 22.2 Å². The molecule has 0 N–H and O–H groups in total. The van der Waals surface area contributed by atoms with Gasteiger partial charge >= 0.3 is 0 Å². The van der Waals surface area contributed by atoms with Crippen molar-refractivity contribution in [3.8, 4) is 11.3 Å². The van der Waals surface area contributed by atoms with Gasteiger partial charge in [-0.25, -0.2) is 0 Å². The quantitative estimate of drug-likeness (QED) is 0.493. The number of amides is 1. The van der Waals surface area contributed by atoms with E-state index in [-0.39, 0.29) is 11.7 Å². The number of ether oxygens (including phenoxy) is 1. The number of hydrogen-bond donors (Lipinski definition) is 0. The third kappa shape index (κ3) is 5.03. The van der Waals surface area contributed by atoms with Gasteiger partial charge in [-0.15, -0.1) is 0 Å². The van der Waals surface area contributed by atoms with Gasteiger partial charge in [0, 0.05) is 56.7 Å². The van der Waals surface area contributed by atoms with E-state index in [2.05, 4.69) is 45.6 Å². The number of para-hydroxylation sites is 1. The summed E-state index contributed by atoms with van der Waals surface area (Å²) >= 11 is 0. The standard InChI is InChI=1S/C28H34N4O3/c1-2-32-24-11-7-6-10-23(24)27(28(32)22-8-4-3-5-9-22)25(33)20-29-12-14-30(15-13-29)21-26(34)31-16-18-35-19-17-31/h3-11H,2,12-21H2,1H3. The molecule has 7 heteroatoms. The number of aromatic nitrogens is 1. The second kappa shape index (κ2) is 10.7. The van der Waals surface area contributed by atoms with Crippen LogP contribution in [0.4, 0.5) is 0 Å². The number of Topliss-reactive ketones (excluding diaryl/α,β-unsaturated/α-hetero) is 1. The molecule has 1 aromatic heterocycles. The second-order valence-electron chi connectivity index (χ2n) is 9.32. The lowest BCUT2D eigenvalue weighted by atomic mass is 10.0. The lowest BCUT2D eigenvalue weighted by molar-refractivity contribution is -0.136. The average molecular weight is 475 g/mol. The Balaban J connectivity index is 1.30. The average Bonchev–Trinajstić information content (AvgIpc) is 3.25. The summed E-state index contributed by atoms with van der Waals surface area (Å²) in [5.74, 6) is 0.336. The zero-order valence-electron chi connectivity index (χ0n) is 20.5. The summed E-state index contributed by atoms with van der Waals surface area (Å²) < 4.78 is 7.61. The Kier molecular flexibility index (Phi) is 7.27. The fourth-order valence-electron chi connectivity index (χ4n) is 5.30. The molecule has 1 amide bonds. The fraction of sp³-hybridized carbons (Fsp3) is 0.429. The topological polar surface area (TPSA) is 58.0 Å². The van der Waals surface area contributed by atoms with Gasteiger partial charge < -0.3 is 14.2 Å². The summed E-state index contributed by atoms with van der Waals surface area (Å²) in [5, 5.41) is 1.02. The third-order valence-electron chi connectivity index (χ3n) is 7.17. The number of morpholine rings is 1. The van der Waals surface area contributed by atoms with Crippen LogP contribution < -0.4 is 0 Å². The summed E-state index contributed by atoms with van der Waals surface area (Å²) in [6.07, 6.45) is 0. The van der Waals surface area contributed by atoms with E-state index in [1.54, 1.807) is 0 Å². The molecule has 0 atom stereocenters. The summed E-state index contributed by atoms with van der Waals surface area (Å²) in [6, 6.07) is 18.4. The van der Waals surface area contributed by atoms with Crippen molar-refractivity contribution in [3.63, 3.8) is 0 Å². The van der Waals surface area contributed by atoms with Crippen LogP contribution in [0, 0.1) is 0 Å². The van der Waals surface area contributed by atoms with Crippen molar-refractivity contribution in [1.82, 2.24) is 19.3 Å². The van der Waals surface area contributed by atoms with Crippen molar-refractivity contribution in [1.29, 1.82) is 0 Å². The van der Waals surface area contributed by atoms with E-state index in [1.165, 1.54) is 0 Å². The molecule has 3 heterocycles. The molecule has 5 rings (SSSR count). The zero-order chi connectivity index (χ0) is 24.2. The Morgan fingerprint density at radius 1 is 0.800 bits per heavy atom. The van der Waals surface area contributed by atoms with E-state index in [4.69, 9.17) is 4.74 Å². The Labute approximate surface area is 206 Å². The molecule has 0 radical (unpaired) electrons. The minimum absolute atomic E-state index is 0.157. The van der Waals surface area contributed by atoms with Crippen LogP contribution in [0.2, 0.25) is 0 Å². The van der Waals surface area contributed by atoms with Crippen molar-refractivity contribution in [2.24, 2.45) is 0 Å². The van der Waals surface area contributed by atoms with E-state index in [0.717, 1.165) is 60.4 Å². The monoisotopic (exact) mass is 474 g/mol. The molecular weight excluding hydrogens is 440 g/mol. The highest BCUT2D eigenvalue weighted by atomic mass is 16.5. The molecule has 0 unspecified atom stereocenters. The lowest BCUT2D eigenvalue weighted by Gasteiger charge is -2.35. The summed E-state index contributed by atoms with van der Waals surface area (Å²) in [5.41, 5.74) is 4.00. The molecule has 2 aromatic carbocycles. The summed E-state index contributed by atoms with van der Waals surface area (Å²) in [4.78, 5) is 32.7. The van der Waals surface area contributed by atoms with Gasteiger partial charge in [0.2, 0.25) is 5.91 Å². The second-order valence-corrected chi connectivity index (χ2v) is 9.32. The van der Waals surface area contributed by atoms with E-state index >= 15 is 0 Å². The number of aryl methyl sites for hydroxylation is 1. The molecular formula is C28H34N4O3. The van der Waals surface area contributed by atoms with Crippen molar-refractivity contribution in [3.05, 3.63) is 60.2 Å². The molecule has 35 heavy (non-hydrogen) atoms. The highest BCUT2D eigenvalue weighted by Gasteiger charge is 2.27. The van der Waals surface area contributed by atoms with Crippen LogP contribution >= 0.6 is 0 Å². The van der Waals surface area contributed by atoms with Crippen molar-refractivity contribution in [2.45, 2.75) is 13.5 Å². The molecule has 184 valence electrons. The van der Waals surface area contributed by atoms with Crippen LogP contribution in [0.1, 0.15) is 17.3 Å². The molecule has 0 saturated carbocycles. The number of carbonyl (C=O) groups excluding carboxylic acids is 2. The predicted octanol–water partition coefficient (Wildman–Crippen LogP) is 2.99. The van der Waals surface area contributed by atoms with Crippen LogP contribution in [0.15, 0.2) is 54.6 Å². The zero-order valence-corrected chi connectivity index (χ0v) is 20.5. The number of benzene rings is 2. The van der Waals surface area contributed by atoms with Gasteiger partial charge in [-0.05, 0) is 18.6 Å². The van der Waals surface area contributed by atoms with Gasteiger partial charge in [-0.1, -0.05) is 48.5 Å². The smallest absolute Gasteiger partial charge is 0.236 e. The van der Waals surface area contributed by atoms with Crippen LogP contribution in [0.5, 0.6) is 0 Å². The number of hydrogen-bond acceptors (Lipinski definition) is 5. The molecule has 0 aliphatic carbocycles. The maximum atomic E-state index is 13.8. The van der Waals surface area contributed by atoms with E-state index in [1.807, 2.05) is 35.2 Å². The van der Waals surface area contributed by atoms with Crippen LogP contribution in [-0.4, -0.2) is 96.5 Å². The van der Waals surface area contributed by atoms with Gasteiger partial charge in [0.15, 0.2) is 5.78 Å². The largest absolute Gasteiger partial charge is 0.378 e. The normalized spacial score (nSPS) is 17.7. The van der Waals surface area contributed by atoms with Gasteiger partial charge in [-0.3, -0.25) is 19.4 Å². The van der Waals surface area contributed by atoms with Crippen molar-refractivity contribution < 1.29 is 14.3 Å². The number of carbonyl (C=O) groups is 2. The molecule has 2 saturated heterocycles. The van der Waals surface area contributed by atoms with Gasteiger partial charge in [-0.2, -0.15) is 0 Å². The minimum atomic E-state index is 0.157. The fourth-order valence-corrected chi connectivity index (χ4v) is 5.30. The number of rotatable bonds is 7. The summed E-state index contributed by atoms with van der Waals surface area (Å²) in [7, 11) is 0. The number of fused-ring (bicyclic) bond motifs is 1. The van der Waals surface area contributed by atoms with Crippen LogP contribution in [0.3, 0.4) is 0 Å². The number of nitrogens with zero attached hydrogens (tertiary/aromatic N) is 4. The van der Waals surface area contributed by atoms with Crippen molar-refractivity contribution >= 4 is 22.6 Å². The van der Waals surface area contributed by atoms with E-state index in [9.17, 15) is 9.59 Å². The first-order valence-corrected chi connectivity index (χ1v) is 12.7. The summed E-state index contributed by atoms with van der Waals surface area (Å²) in [6.45, 7) is 9.56. The van der Waals surface area contributed by atoms with Crippen molar-refractivity contribution in [2.75, 3.05) is 65.6 Å². The number of ketones is 1. The van der Waals surface area contributed by atoms with E-state index < -0.39 is 0 Å². The molecule has 7 nitrogen and oxygen atoms in total. The Morgan fingerprint density at radius 3 is 2.11 bits per heavy atom. The first-order chi connectivity index (χ1) is 17.2. The Bertz CT molecular complexity index is 1180. The highest BCUT2D eigenvalue weighted by molar-refractivity contribution is 6.14. The number of piperazine rings is 1. The Hall–Kier alpha value is -3.00. The lowest BCUT2D eigenvalue weighted by Crippen LogP contribution is -2.52. The van der Waals surface area contributed by atoms with Gasteiger partial charge in [0.1, 0.15) is 0 Å². The molecule has 3 aromatic rings. The molecule has 2 aliphatic heterocycles. The predicted molar refractivity (Wildman–Crippen MR) is 138 cm³/mol. The van der Waals surface area contributed by atoms with Crippen LogP contribution in [-0.2, 0) is 16.1 Å². The molecule has 0 bridgehead atoms. The first-order valence-electron chi connectivity index (χ1n) is 12.7. The van der Waals surface area contributed by atoms with Gasteiger partial charge in [0.25, 0.3) is 0 Å². The van der Waals surface area contributed by atoms with Gasteiger partial charge in [0.05, 0.1) is 37.6 Å². The minimum Gasteiger partial charge on any atom is -0.378 e. The van der Waals surface area contributed by atoms with E-state index in [0.29, 0.717) is 39.4 Å². The molecule has 2 fully saturated rings. The molecule has 0 spiro atoms. The third-order valence-corrected chi connectivity index (χ3v) is 7.17. The Morgan fingerprint density at radius 2 is 1.43 bits per heavy atom. The first kappa shape index (κ1) is 23.7. The maximum absolute atomic E-state index is 13.8. The molecule has 2 aliphatic rings.